The lowest BCUT2D eigenvalue weighted by molar-refractivity contribution is -0.135. The Hall–Kier alpha value is -2.93. The number of ether oxygens (including phenoxy) is 1. The molecule has 1 aliphatic heterocycles. The summed E-state index contributed by atoms with van der Waals surface area (Å²) in [6.45, 7) is 4.65. The van der Waals surface area contributed by atoms with Crippen molar-refractivity contribution in [3.63, 3.8) is 0 Å². The Kier molecular flexibility index (Phi) is 6.67. The van der Waals surface area contributed by atoms with Gasteiger partial charge in [0.05, 0.1) is 5.69 Å². The van der Waals surface area contributed by atoms with Crippen LogP contribution in [0.1, 0.15) is 32.4 Å². The normalized spacial score (nSPS) is 17.1. The summed E-state index contributed by atoms with van der Waals surface area (Å²) in [5.74, 6) is -0.573. The zero-order chi connectivity index (χ0) is 24.6. The van der Waals surface area contributed by atoms with E-state index in [2.05, 4.69) is 5.32 Å². The van der Waals surface area contributed by atoms with Crippen molar-refractivity contribution in [1.82, 2.24) is 10.3 Å². The first-order valence-corrected chi connectivity index (χ1v) is 11.5. The summed E-state index contributed by atoms with van der Waals surface area (Å²) in [5, 5.41) is 13.2. The number of benzene rings is 2. The van der Waals surface area contributed by atoms with Crippen molar-refractivity contribution in [3.05, 3.63) is 70.2 Å². The third-order valence-corrected chi connectivity index (χ3v) is 6.22. The lowest BCUT2D eigenvalue weighted by Gasteiger charge is -2.25. The van der Waals surface area contributed by atoms with E-state index in [1.807, 2.05) is 36.4 Å². The molecule has 3 aromatic rings. The average molecular weight is 499 g/mol. The number of halogens is 2. The SMILES string of the molecule is CC(C)(C)C(=O)C1Oc2nc(-c3ccccc3Cl)c(-c3ccc(Cl)cc3)cc2C1NC(=O)CO. The summed E-state index contributed by atoms with van der Waals surface area (Å²) < 4.78 is 6.04. The number of aliphatic hydroxyl groups is 1. The molecule has 4 rings (SSSR count). The predicted octanol–water partition coefficient (Wildman–Crippen LogP) is 5.25. The minimum Gasteiger partial charge on any atom is -0.463 e. The number of ketones is 1. The fraction of sp³-hybridized carbons (Fsp3) is 0.269. The monoisotopic (exact) mass is 498 g/mol. The second kappa shape index (κ2) is 9.37. The quantitative estimate of drug-likeness (QED) is 0.501. The maximum atomic E-state index is 13.2. The van der Waals surface area contributed by atoms with Crippen LogP contribution in [0.2, 0.25) is 10.0 Å². The molecule has 1 amide bonds. The molecule has 0 saturated carbocycles. The molecule has 0 spiro atoms. The van der Waals surface area contributed by atoms with E-state index in [9.17, 15) is 14.7 Å². The highest BCUT2D eigenvalue weighted by Gasteiger charge is 2.45. The molecule has 176 valence electrons. The first-order valence-electron chi connectivity index (χ1n) is 10.8. The third kappa shape index (κ3) is 4.67. The van der Waals surface area contributed by atoms with Crippen LogP contribution in [0.5, 0.6) is 5.88 Å². The van der Waals surface area contributed by atoms with Crippen LogP contribution in [0.3, 0.4) is 0 Å². The second-order valence-corrected chi connectivity index (χ2v) is 9.97. The summed E-state index contributed by atoms with van der Waals surface area (Å²) in [7, 11) is 0. The molecule has 1 aromatic heterocycles. The summed E-state index contributed by atoms with van der Waals surface area (Å²) >= 11 is 12.6. The number of Topliss-reactive ketones (excluding diaryl/α,β-unsaturated/α-hetero) is 1. The van der Waals surface area contributed by atoms with Gasteiger partial charge in [0.2, 0.25) is 11.8 Å². The van der Waals surface area contributed by atoms with Crippen molar-refractivity contribution in [2.75, 3.05) is 6.61 Å². The lowest BCUT2D eigenvalue weighted by atomic mass is 9.84. The van der Waals surface area contributed by atoms with Crippen LogP contribution >= 0.6 is 23.2 Å². The van der Waals surface area contributed by atoms with Gasteiger partial charge in [-0.1, -0.05) is 74.3 Å². The highest BCUT2D eigenvalue weighted by atomic mass is 35.5. The topological polar surface area (TPSA) is 88.5 Å². The zero-order valence-corrected chi connectivity index (χ0v) is 20.4. The molecule has 0 saturated heterocycles. The fourth-order valence-electron chi connectivity index (χ4n) is 3.89. The van der Waals surface area contributed by atoms with Gasteiger partial charge < -0.3 is 15.2 Å². The van der Waals surface area contributed by atoms with Gasteiger partial charge in [-0.15, -0.1) is 0 Å². The molecule has 2 unspecified atom stereocenters. The zero-order valence-electron chi connectivity index (χ0n) is 18.9. The molecule has 8 heteroatoms. The number of hydrogen-bond acceptors (Lipinski definition) is 5. The molecule has 1 aliphatic rings. The molecule has 0 bridgehead atoms. The van der Waals surface area contributed by atoms with Crippen LogP contribution < -0.4 is 10.1 Å². The molecule has 2 aromatic carbocycles. The Morgan fingerprint density at radius 1 is 1.06 bits per heavy atom. The van der Waals surface area contributed by atoms with Crippen LogP contribution in [-0.4, -0.2) is 34.5 Å². The molecule has 34 heavy (non-hydrogen) atoms. The third-order valence-electron chi connectivity index (χ3n) is 5.63. The number of hydrogen-bond donors (Lipinski definition) is 2. The molecule has 6 nitrogen and oxygen atoms in total. The highest BCUT2D eigenvalue weighted by molar-refractivity contribution is 6.33. The Balaban J connectivity index is 1.93. The van der Waals surface area contributed by atoms with Crippen LogP contribution in [0, 0.1) is 5.41 Å². The van der Waals surface area contributed by atoms with Gasteiger partial charge in [0, 0.05) is 32.2 Å². The maximum absolute atomic E-state index is 13.2. The van der Waals surface area contributed by atoms with Crippen molar-refractivity contribution < 1.29 is 19.4 Å². The van der Waals surface area contributed by atoms with Crippen LogP contribution in [-0.2, 0) is 9.59 Å². The van der Waals surface area contributed by atoms with Crippen LogP contribution in [0.15, 0.2) is 54.6 Å². The number of rotatable bonds is 5. The van der Waals surface area contributed by atoms with E-state index in [0.29, 0.717) is 26.9 Å². The van der Waals surface area contributed by atoms with Gasteiger partial charge in [-0.25, -0.2) is 4.98 Å². The Bertz CT molecular complexity index is 1250. The van der Waals surface area contributed by atoms with Gasteiger partial charge in [0.1, 0.15) is 12.6 Å². The summed E-state index contributed by atoms with van der Waals surface area (Å²) in [6, 6.07) is 15.6. The molecule has 2 heterocycles. The van der Waals surface area contributed by atoms with Crippen molar-refractivity contribution in [3.8, 4) is 28.3 Å². The average Bonchev–Trinajstić information content (AvgIpc) is 3.15. The standard InChI is InChI=1S/C26H24Cl2N2O4/c1-26(2,3)24(33)23-22(29-20(32)13-31)18-12-17(14-8-10-15(27)11-9-14)21(30-25(18)34-23)16-6-4-5-7-19(16)28/h4-12,22-23,31H,13H2,1-3H3,(H,29,32). The lowest BCUT2D eigenvalue weighted by Crippen LogP contribution is -2.44. The van der Waals surface area contributed by atoms with Gasteiger partial charge >= 0.3 is 0 Å². The largest absolute Gasteiger partial charge is 0.463 e. The number of nitrogens with one attached hydrogen (secondary N) is 1. The van der Waals surface area contributed by atoms with Crippen LogP contribution in [0.4, 0.5) is 0 Å². The van der Waals surface area contributed by atoms with E-state index in [1.165, 1.54) is 0 Å². The van der Waals surface area contributed by atoms with Gasteiger partial charge in [-0.05, 0) is 29.8 Å². The number of aromatic nitrogens is 1. The Labute approximate surface area is 207 Å². The number of aliphatic hydroxyl groups excluding tert-OH is 1. The minimum atomic E-state index is -0.988. The Morgan fingerprint density at radius 2 is 1.74 bits per heavy atom. The smallest absolute Gasteiger partial charge is 0.246 e. The van der Waals surface area contributed by atoms with E-state index in [-0.39, 0.29) is 11.7 Å². The number of nitrogens with zero attached hydrogens (tertiary/aromatic N) is 1. The Morgan fingerprint density at radius 3 is 2.35 bits per heavy atom. The second-order valence-electron chi connectivity index (χ2n) is 9.12. The number of amides is 1. The van der Waals surface area contributed by atoms with E-state index >= 15 is 0 Å². The molecule has 0 aliphatic carbocycles. The summed E-state index contributed by atoms with van der Waals surface area (Å²) in [4.78, 5) is 30.1. The predicted molar refractivity (Wildman–Crippen MR) is 132 cm³/mol. The number of carbonyl (C=O) groups is 2. The van der Waals surface area contributed by atoms with Crippen molar-refractivity contribution >= 4 is 34.9 Å². The number of carbonyl (C=O) groups excluding carboxylic acids is 2. The highest BCUT2D eigenvalue weighted by Crippen LogP contribution is 2.44. The van der Waals surface area contributed by atoms with E-state index < -0.39 is 30.1 Å². The minimum absolute atomic E-state index is 0.193. The van der Waals surface area contributed by atoms with Crippen molar-refractivity contribution in [1.29, 1.82) is 0 Å². The molecule has 0 fully saturated rings. The first kappa shape index (κ1) is 24.2. The van der Waals surface area contributed by atoms with Gasteiger partial charge in [-0.2, -0.15) is 0 Å². The van der Waals surface area contributed by atoms with E-state index in [0.717, 1.165) is 11.1 Å². The van der Waals surface area contributed by atoms with Crippen molar-refractivity contribution in [2.24, 2.45) is 5.41 Å². The number of pyridine rings is 1. The summed E-state index contributed by atoms with van der Waals surface area (Å²) in [6.07, 6.45) is -0.988. The van der Waals surface area contributed by atoms with Gasteiger partial charge in [0.15, 0.2) is 11.9 Å². The van der Waals surface area contributed by atoms with Gasteiger partial charge in [-0.3, -0.25) is 9.59 Å². The number of fused-ring (bicyclic) bond motifs is 1. The molecular formula is C26H24Cl2N2O4. The van der Waals surface area contributed by atoms with Gasteiger partial charge in [0.25, 0.3) is 0 Å². The van der Waals surface area contributed by atoms with E-state index in [4.69, 9.17) is 32.9 Å². The first-order chi connectivity index (χ1) is 16.1. The van der Waals surface area contributed by atoms with Crippen molar-refractivity contribution in [2.45, 2.75) is 32.9 Å². The van der Waals surface area contributed by atoms with Crippen LogP contribution in [0.25, 0.3) is 22.4 Å². The molecule has 2 N–H and O–H groups in total. The summed E-state index contributed by atoms with van der Waals surface area (Å²) in [5.41, 5.74) is 2.65. The molecule has 2 atom stereocenters. The fourth-order valence-corrected chi connectivity index (χ4v) is 4.24. The molecular weight excluding hydrogens is 475 g/mol. The van der Waals surface area contributed by atoms with E-state index in [1.54, 1.807) is 39.0 Å². The molecule has 0 radical (unpaired) electrons. The maximum Gasteiger partial charge on any atom is 0.246 e.